The van der Waals surface area contributed by atoms with Crippen LogP contribution in [0.5, 0.6) is 11.5 Å². The number of nitrogens with one attached hydrogen (secondary N) is 2. The van der Waals surface area contributed by atoms with Crippen molar-refractivity contribution in [2.75, 3.05) is 31.4 Å². The lowest BCUT2D eigenvalue weighted by Crippen LogP contribution is -2.12. The summed E-state index contributed by atoms with van der Waals surface area (Å²) < 4.78 is 10.5. The molecule has 1 aromatic heterocycles. The molecule has 0 aliphatic rings. The first-order valence-corrected chi connectivity index (χ1v) is 8.37. The van der Waals surface area contributed by atoms with Crippen LogP contribution in [-0.2, 0) is 11.2 Å². The maximum atomic E-state index is 12.1. The highest BCUT2D eigenvalue weighted by Crippen LogP contribution is 2.28. The summed E-state index contributed by atoms with van der Waals surface area (Å²) in [6, 6.07) is 9.38. The number of carbonyl (C=O) groups excluding carboxylic acids is 1. The van der Waals surface area contributed by atoms with E-state index in [1.165, 1.54) is 0 Å². The van der Waals surface area contributed by atoms with E-state index in [9.17, 15) is 4.79 Å². The van der Waals surface area contributed by atoms with Gasteiger partial charge in [-0.05, 0) is 42.7 Å². The minimum Gasteiger partial charge on any atom is -0.493 e. The third kappa shape index (κ3) is 5.67. The number of amides is 1. The number of anilines is 2. The summed E-state index contributed by atoms with van der Waals surface area (Å²) in [7, 11) is 3.20. The number of hydrogen-bond donors (Lipinski definition) is 2. The van der Waals surface area contributed by atoms with Gasteiger partial charge in [0.25, 0.3) is 0 Å². The lowest BCUT2D eigenvalue weighted by Gasteiger charge is -2.10. The first-order chi connectivity index (χ1) is 12.2. The standard InChI is InChI=1S/C19H25N3O3/c1-4-11-20-18-9-7-15(13-21-18)22-19(23)10-6-14-5-8-16(24-2)17(12-14)25-3/h5,7-9,12-13H,4,6,10-11H2,1-3H3,(H,20,21)(H,22,23). The van der Waals surface area contributed by atoms with E-state index in [4.69, 9.17) is 9.47 Å². The molecule has 134 valence electrons. The highest BCUT2D eigenvalue weighted by molar-refractivity contribution is 5.90. The van der Waals surface area contributed by atoms with Crippen LogP contribution >= 0.6 is 0 Å². The summed E-state index contributed by atoms with van der Waals surface area (Å²) in [6.07, 6.45) is 3.70. The fourth-order valence-electron chi connectivity index (χ4n) is 2.34. The molecule has 0 aliphatic heterocycles. The SMILES string of the molecule is CCCNc1ccc(NC(=O)CCc2ccc(OC)c(OC)c2)cn1. The summed E-state index contributed by atoms with van der Waals surface area (Å²) in [5.74, 6) is 2.11. The second-order valence-corrected chi connectivity index (χ2v) is 5.60. The number of hydrogen-bond acceptors (Lipinski definition) is 5. The number of pyridine rings is 1. The average molecular weight is 343 g/mol. The third-order valence-electron chi connectivity index (χ3n) is 3.69. The zero-order valence-electron chi connectivity index (χ0n) is 15.0. The molecule has 0 unspecified atom stereocenters. The molecule has 0 bridgehead atoms. The van der Waals surface area contributed by atoms with Crippen molar-refractivity contribution >= 4 is 17.4 Å². The lowest BCUT2D eigenvalue weighted by molar-refractivity contribution is -0.116. The first kappa shape index (κ1) is 18.6. The van der Waals surface area contributed by atoms with Crippen LogP contribution in [0.1, 0.15) is 25.3 Å². The van der Waals surface area contributed by atoms with E-state index >= 15 is 0 Å². The van der Waals surface area contributed by atoms with Crippen molar-refractivity contribution in [2.24, 2.45) is 0 Å². The first-order valence-electron chi connectivity index (χ1n) is 8.37. The molecule has 0 aliphatic carbocycles. The van der Waals surface area contributed by atoms with E-state index in [0.717, 1.165) is 24.3 Å². The molecule has 2 N–H and O–H groups in total. The Kier molecular flexibility index (Phi) is 7.07. The summed E-state index contributed by atoms with van der Waals surface area (Å²) in [5.41, 5.74) is 1.71. The van der Waals surface area contributed by atoms with Gasteiger partial charge in [0, 0.05) is 13.0 Å². The van der Waals surface area contributed by atoms with E-state index in [2.05, 4.69) is 22.5 Å². The van der Waals surface area contributed by atoms with E-state index < -0.39 is 0 Å². The van der Waals surface area contributed by atoms with Crippen LogP contribution in [0.2, 0.25) is 0 Å². The van der Waals surface area contributed by atoms with Gasteiger partial charge in [0.2, 0.25) is 5.91 Å². The summed E-state index contributed by atoms with van der Waals surface area (Å²) >= 11 is 0. The predicted octanol–water partition coefficient (Wildman–Crippen LogP) is 3.49. The van der Waals surface area contributed by atoms with Crippen LogP contribution in [-0.4, -0.2) is 31.7 Å². The van der Waals surface area contributed by atoms with Crippen molar-refractivity contribution in [2.45, 2.75) is 26.2 Å². The molecule has 1 aromatic carbocycles. The fourth-order valence-corrected chi connectivity index (χ4v) is 2.34. The fraction of sp³-hybridized carbons (Fsp3) is 0.368. The number of nitrogens with zero attached hydrogens (tertiary/aromatic N) is 1. The molecule has 25 heavy (non-hydrogen) atoms. The van der Waals surface area contributed by atoms with E-state index in [-0.39, 0.29) is 5.91 Å². The molecule has 0 saturated heterocycles. The topological polar surface area (TPSA) is 72.5 Å². The highest BCUT2D eigenvalue weighted by atomic mass is 16.5. The van der Waals surface area contributed by atoms with Gasteiger partial charge in [-0.1, -0.05) is 13.0 Å². The van der Waals surface area contributed by atoms with Gasteiger partial charge < -0.3 is 20.1 Å². The van der Waals surface area contributed by atoms with E-state index in [0.29, 0.717) is 30.0 Å². The Balaban J connectivity index is 1.86. The lowest BCUT2D eigenvalue weighted by atomic mass is 10.1. The van der Waals surface area contributed by atoms with Gasteiger partial charge in [-0.15, -0.1) is 0 Å². The molecule has 0 radical (unpaired) electrons. The van der Waals surface area contributed by atoms with Crippen LogP contribution in [0.4, 0.5) is 11.5 Å². The third-order valence-corrected chi connectivity index (χ3v) is 3.69. The van der Waals surface area contributed by atoms with Gasteiger partial charge in [-0.3, -0.25) is 4.79 Å². The van der Waals surface area contributed by atoms with Gasteiger partial charge in [-0.2, -0.15) is 0 Å². The van der Waals surface area contributed by atoms with Crippen LogP contribution in [0.15, 0.2) is 36.5 Å². The Hall–Kier alpha value is -2.76. The number of aromatic nitrogens is 1. The van der Waals surface area contributed by atoms with Crippen molar-refractivity contribution in [1.29, 1.82) is 0 Å². The van der Waals surface area contributed by atoms with Gasteiger partial charge in [0.15, 0.2) is 11.5 Å². The largest absolute Gasteiger partial charge is 0.493 e. The maximum absolute atomic E-state index is 12.1. The molecule has 0 saturated carbocycles. The molecule has 2 aromatic rings. The Bertz CT molecular complexity index is 687. The number of benzene rings is 1. The molecule has 1 amide bonds. The Morgan fingerprint density at radius 1 is 1.12 bits per heavy atom. The van der Waals surface area contributed by atoms with Gasteiger partial charge in [0.05, 0.1) is 26.1 Å². The second-order valence-electron chi connectivity index (χ2n) is 5.60. The van der Waals surface area contributed by atoms with Crippen LogP contribution in [0.3, 0.4) is 0 Å². The van der Waals surface area contributed by atoms with Gasteiger partial charge in [-0.25, -0.2) is 4.98 Å². The van der Waals surface area contributed by atoms with Crippen molar-refractivity contribution in [1.82, 2.24) is 4.98 Å². The number of rotatable bonds is 9. The molecule has 1 heterocycles. The molecule has 2 rings (SSSR count). The van der Waals surface area contributed by atoms with Crippen LogP contribution < -0.4 is 20.1 Å². The van der Waals surface area contributed by atoms with Crippen molar-refractivity contribution < 1.29 is 14.3 Å². The zero-order chi connectivity index (χ0) is 18.1. The van der Waals surface area contributed by atoms with E-state index in [1.807, 2.05) is 30.3 Å². The zero-order valence-corrected chi connectivity index (χ0v) is 15.0. The molecular weight excluding hydrogens is 318 g/mol. The number of aryl methyl sites for hydroxylation is 1. The molecule has 0 fully saturated rings. The van der Waals surface area contributed by atoms with Gasteiger partial charge in [0.1, 0.15) is 5.82 Å². The van der Waals surface area contributed by atoms with Crippen LogP contribution in [0.25, 0.3) is 0 Å². The minimum atomic E-state index is -0.0501. The smallest absolute Gasteiger partial charge is 0.224 e. The Morgan fingerprint density at radius 3 is 2.56 bits per heavy atom. The van der Waals surface area contributed by atoms with Crippen molar-refractivity contribution in [3.63, 3.8) is 0 Å². The Morgan fingerprint density at radius 2 is 1.92 bits per heavy atom. The van der Waals surface area contributed by atoms with E-state index in [1.54, 1.807) is 20.4 Å². The van der Waals surface area contributed by atoms with Crippen LogP contribution in [0, 0.1) is 0 Å². The monoisotopic (exact) mass is 343 g/mol. The van der Waals surface area contributed by atoms with Gasteiger partial charge >= 0.3 is 0 Å². The predicted molar refractivity (Wildman–Crippen MR) is 99.5 cm³/mol. The summed E-state index contributed by atoms with van der Waals surface area (Å²) in [5, 5.41) is 6.06. The second kappa shape index (κ2) is 9.52. The molecule has 0 spiro atoms. The highest BCUT2D eigenvalue weighted by Gasteiger charge is 2.07. The maximum Gasteiger partial charge on any atom is 0.224 e. The normalized spacial score (nSPS) is 10.2. The quantitative estimate of drug-likeness (QED) is 0.729. The average Bonchev–Trinajstić information content (AvgIpc) is 2.65. The molecule has 6 heteroatoms. The summed E-state index contributed by atoms with van der Waals surface area (Å²) in [4.78, 5) is 16.4. The molecule has 6 nitrogen and oxygen atoms in total. The molecule has 0 atom stereocenters. The van der Waals surface area contributed by atoms with Crippen molar-refractivity contribution in [3.8, 4) is 11.5 Å². The number of ether oxygens (including phenoxy) is 2. The Labute approximate surface area is 148 Å². The number of methoxy groups -OCH3 is 2. The number of carbonyl (C=O) groups is 1. The summed E-state index contributed by atoms with van der Waals surface area (Å²) in [6.45, 7) is 2.98. The minimum absolute atomic E-state index is 0.0501. The van der Waals surface area contributed by atoms with Crippen molar-refractivity contribution in [3.05, 3.63) is 42.1 Å². The molecular formula is C19H25N3O3.